The van der Waals surface area contributed by atoms with Crippen LogP contribution < -0.4 is 10.1 Å². The Kier molecular flexibility index (Phi) is 7.71. The average molecular weight is 661 g/mol. The van der Waals surface area contributed by atoms with Crippen molar-refractivity contribution in [3.05, 3.63) is 82.5 Å². The van der Waals surface area contributed by atoms with Crippen LogP contribution in [0.5, 0.6) is 5.75 Å². The average Bonchev–Trinajstić information content (AvgIpc) is 3.71. The Morgan fingerprint density at radius 1 is 1.07 bits per heavy atom. The van der Waals surface area contributed by atoms with Gasteiger partial charge in [0, 0.05) is 22.5 Å². The normalized spacial score (nSPS) is 21.0. The van der Waals surface area contributed by atoms with Crippen LogP contribution in [0.25, 0.3) is 21.0 Å². The summed E-state index contributed by atoms with van der Waals surface area (Å²) in [7, 11) is 0. The highest BCUT2D eigenvalue weighted by molar-refractivity contribution is 8.15. The summed E-state index contributed by atoms with van der Waals surface area (Å²) in [6.07, 6.45) is 0.131. The van der Waals surface area contributed by atoms with Crippen molar-refractivity contribution in [2.75, 3.05) is 18.1 Å². The first kappa shape index (κ1) is 29.3. The third-order valence-corrected chi connectivity index (χ3v) is 11.3. The van der Waals surface area contributed by atoms with E-state index in [0.29, 0.717) is 32.9 Å². The number of nitrogens with zero attached hydrogens (tertiary/aromatic N) is 3. The van der Waals surface area contributed by atoms with Crippen LogP contribution in [-0.4, -0.2) is 84.5 Å². The number of fused-ring (bicyclic) bond motifs is 4. The monoisotopic (exact) mass is 660 g/mol. The van der Waals surface area contributed by atoms with Gasteiger partial charge in [-0.25, -0.2) is 14.6 Å². The predicted molar refractivity (Wildman–Crippen MR) is 173 cm³/mol. The van der Waals surface area contributed by atoms with Gasteiger partial charge in [-0.2, -0.15) is 0 Å². The molecule has 11 nitrogen and oxygen atoms in total. The maximum atomic E-state index is 13.0. The van der Waals surface area contributed by atoms with Crippen LogP contribution in [0.15, 0.2) is 76.9 Å². The molecule has 3 aliphatic heterocycles. The van der Waals surface area contributed by atoms with Crippen molar-refractivity contribution in [3.8, 4) is 5.75 Å². The third-order valence-electron chi connectivity index (χ3n) is 7.65. The summed E-state index contributed by atoms with van der Waals surface area (Å²) in [5.41, 5.74) is 1.99. The summed E-state index contributed by atoms with van der Waals surface area (Å²) < 4.78 is 6.98. The second-order valence-corrected chi connectivity index (χ2v) is 13.7. The number of thiazole rings is 1. The second-order valence-electron chi connectivity index (χ2n) is 10.6. The number of thioether (sulfide) groups is 2. The minimum Gasteiger partial charge on any atom is -0.489 e. The molecule has 7 rings (SSSR count). The molecule has 1 saturated heterocycles. The molecule has 1 fully saturated rings. The van der Waals surface area contributed by atoms with Crippen molar-refractivity contribution in [2.45, 2.75) is 23.9 Å². The van der Waals surface area contributed by atoms with E-state index in [9.17, 15) is 29.4 Å². The largest absolute Gasteiger partial charge is 0.489 e. The van der Waals surface area contributed by atoms with Gasteiger partial charge in [-0.1, -0.05) is 36.4 Å². The SMILES string of the molecule is O=C(Cc1ccccc1)NC1C(=O)N2C(C(=O)O)=C(COc3ccc4c(ccc5nc(C6=NC(C(=O)O)CS6)sc54)c3)CSC12. The zero-order valence-electron chi connectivity index (χ0n) is 23.3. The first-order chi connectivity index (χ1) is 21.8. The van der Waals surface area contributed by atoms with E-state index in [-0.39, 0.29) is 24.6 Å². The zero-order chi connectivity index (χ0) is 31.2. The number of carboxylic acids is 2. The highest BCUT2D eigenvalue weighted by Gasteiger charge is 2.54. The summed E-state index contributed by atoms with van der Waals surface area (Å²) >= 11 is 4.24. The van der Waals surface area contributed by atoms with Gasteiger partial charge in [0.05, 0.1) is 16.6 Å². The number of β-lactam (4-membered cyclic amide) rings is 1. The standard InChI is InChI=1S/C31H24N4O7S3/c36-22(10-15-4-2-1-3-5-15)34-23-28(37)35-24(31(40)41)17(13-44-29(23)35)12-42-18-7-8-19-16(11-18)6-9-20-25(19)45-27(32-20)26-33-21(14-43-26)30(38)39/h1-9,11,21,23,29H,10,12-14H2,(H,34,36)(H,38,39)(H,40,41). The second kappa shape index (κ2) is 11.8. The highest BCUT2D eigenvalue weighted by Crippen LogP contribution is 2.41. The lowest BCUT2D eigenvalue weighted by Gasteiger charge is -2.49. The molecule has 2 amide bonds. The molecule has 1 aromatic heterocycles. The molecular formula is C31H24N4O7S3. The topological polar surface area (TPSA) is 158 Å². The lowest BCUT2D eigenvalue weighted by Crippen LogP contribution is -2.70. The first-order valence-electron chi connectivity index (χ1n) is 13.9. The first-order valence-corrected chi connectivity index (χ1v) is 16.7. The lowest BCUT2D eigenvalue weighted by molar-refractivity contribution is -0.150. The van der Waals surface area contributed by atoms with E-state index in [1.165, 1.54) is 39.8 Å². The minimum atomic E-state index is -1.22. The van der Waals surface area contributed by atoms with E-state index in [4.69, 9.17) is 4.74 Å². The van der Waals surface area contributed by atoms with E-state index >= 15 is 0 Å². The smallest absolute Gasteiger partial charge is 0.352 e. The van der Waals surface area contributed by atoms with Crippen molar-refractivity contribution < 1.29 is 34.1 Å². The molecule has 3 N–H and O–H groups in total. The number of carbonyl (C=O) groups excluding carboxylic acids is 2. The molecule has 0 spiro atoms. The van der Waals surface area contributed by atoms with Gasteiger partial charge in [0.1, 0.15) is 39.5 Å². The van der Waals surface area contributed by atoms with E-state index < -0.39 is 35.3 Å². The van der Waals surface area contributed by atoms with Crippen molar-refractivity contribution in [2.24, 2.45) is 4.99 Å². The number of carboxylic acid groups (broad SMARTS) is 2. The van der Waals surface area contributed by atoms with Crippen LogP contribution in [0.1, 0.15) is 10.6 Å². The van der Waals surface area contributed by atoms with Gasteiger partial charge in [-0.15, -0.1) is 34.9 Å². The molecule has 45 heavy (non-hydrogen) atoms. The van der Waals surface area contributed by atoms with E-state index in [2.05, 4.69) is 15.3 Å². The Labute approximate surface area is 268 Å². The van der Waals surface area contributed by atoms with Crippen LogP contribution in [0.4, 0.5) is 0 Å². The maximum Gasteiger partial charge on any atom is 0.352 e. The molecule has 0 saturated carbocycles. The number of nitrogens with one attached hydrogen (secondary N) is 1. The van der Waals surface area contributed by atoms with Crippen molar-refractivity contribution >= 4 is 84.6 Å². The van der Waals surface area contributed by atoms with Gasteiger partial charge in [-0.3, -0.25) is 19.5 Å². The van der Waals surface area contributed by atoms with Crippen LogP contribution in [0.2, 0.25) is 0 Å². The van der Waals surface area contributed by atoms with E-state index in [1.54, 1.807) is 6.07 Å². The van der Waals surface area contributed by atoms with Crippen LogP contribution in [0, 0.1) is 0 Å². The van der Waals surface area contributed by atoms with Crippen molar-refractivity contribution in [3.63, 3.8) is 0 Å². The number of benzene rings is 3. The Morgan fingerprint density at radius 3 is 2.64 bits per heavy atom. The van der Waals surface area contributed by atoms with Gasteiger partial charge in [0.25, 0.3) is 5.91 Å². The van der Waals surface area contributed by atoms with Crippen LogP contribution >= 0.6 is 34.9 Å². The number of rotatable bonds is 9. The molecule has 3 aromatic carbocycles. The summed E-state index contributed by atoms with van der Waals surface area (Å²) in [5.74, 6) is -1.65. The molecule has 0 bridgehead atoms. The minimum absolute atomic E-state index is 0.0174. The fourth-order valence-electron chi connectivity index (χ4n) is 5.46. The Hall–Kier alpha value is -4.40. The molecule has 228 valence electrons. The molecule has 0 radical (unpaired) electrons. The molecule has 14 heteroatoms. The molecule has 3 atom stereocenters. The molecule has 4 aromatic rings. The highest BCUT2D eigenvalue weighted by atomic mass is 32.2. The number of aromatic nitrogens is 1. The number of amides is 2. The summed E-state index contributed by atoms with van der Waals surface area (Å²) in [4.78, 5) is 59.4. The van der Waals surface area contributed by atoms with Gasteiger partial charge in [0.2, 0.25) is 5.91 Å². The number of carbonyl (C=O) groups is 4. The van der Waals surface area contributed by atoms with Crippen LogP contribution in [-0.2, 0) is 25.6 Å². The number of ether oxygens (including phenoxy) is 1. The third kappa shape index (κ3) is 5.53. The Morgan fingerprint density at radius 2 is 1.89 bits per heavy atom. The number of hydrogen-bond donors (Lipinski definition) is 3. The zero-order valence-corrected chi connectivity index (χ0v) is 25.8. The maximum absolute atomic E-state index is 13.0. The van der Waals surface area contributed by atoms with E-state index in [0.717, 1.165) is 26.6 Å². The number of aliphatic imine (C=N–C) groups is 1. The fourth-order valence-corrected chi connectivity index (χ4v) is 8.99. The lowest BCUT2D eigenvalue weighted by atomic mass is 10.0. The van der Waals surface area contributed by atoms with E-state index in [1.807, 2.05) is 54.6 Å². The summed E-state index contributed by atoms with van der Waals surface area (Å²) in [5, 5.41) is 24.7. The Balaban J connectivity index is 1.05. The molecule has 3 unspecified atom stereocenters. The number of aliphatic carboxylic acids is 2. The predicted octanol–water partition coefficient (Wildman–Crippen LogP) is 3.76. The molecular weight excluding hydrogens is 637 g/mol. The van der Waals surface area contributed by atoms with Gasteiger partial charge >= 0.3 is 11.9 Å². The quantitative estimate of drug-likeness (QED) is 0.226. The Bertz CT molecular complexity index is 1960. The van der Waals surface area contributed by atoms with Gasteiger partial charge in [-0.05, 0) is 35.2 Å². The van der Waals surface area contributed by atoms with Crippen molar-refractivity contribution in [1.29, 1.82) is 0 Å². The van der Waals surface area contributed by atoms with Crippen molar-refractivity contribution in [1.82, 2.24) is 15.2 Å². The van der Waals surface area contributed by atoms with Gasteiger partial charge < -0.3 is 20.3 Å². The van der Waals surface area contributed by atoms with Crippen LogP contribution in [0.3, 0.4) is 0 Å². The summed E-state index contributed by atoms with van der Waals surface area (Å²) in [6, 6.07) is 17.0. The van der Waals surface area contributed by atoms with Gasteiger partial charge in [0.15, 0.2) is 6.04 Å². The fraction of sp³-hybridized carbons (Fsp3) is 0.226. The molecule has 4 heterocycles. The number of hydrogen-bond acceptors (Lipinski definition) is 10. The summed E-state index contributed by atoms with van der Waals surface area (Å²) in [6.45, 7) is -0.0174. The molecule has 3 aliphatic rings. The molecule has 0 aliphatic carbocycles.